The van der Waals surface area contributed by atoms with E-state index in [1.165, 1.54) is 11.3 Å². The van der Waals surface area contributed by atoms with Crippen LogP contribution < -0.4 is 5.32 Å². The third kappa shape index (κ3) is 3.06. The molecule has 0 radical (unpaired) electrons. The highest BCUT2D eigenvalue weighted by molar-refractivity contribution is 7.12. The highest BCUT2D eigenvalue weighted by Gasteiger charge is 2.25. The van der Waals surface area contributed by atoms with Crippen LogP contribution in [0.4, 0.5) is 0 Å². The van der Waals surface area contributed by atoms with E-state index in [4.69, 9.17) is 0 Å². The SMILES string of the molecule is Cc1ccsc1C(=O)NCC(C)(O)C(C)C. The van der Waals surface area contributed by atoms with Gasteiger partial charge in [-0.3, -0.25) is 4.79 Å². The molecule has 0 saturated heterocycles. The van der Waals surface area contributed by atoms with Crippen molar-refractivity contribution in [2.75, 3.05) is 6.54 Å². The molecular weight excluding hydrogens is 222 g/mol. The van der Waals surface area contributed by atoms with Crippen LogP contribution in [0.3, 0.4) is 0 Å². The largest absolute Gasteiger partial charge is 0.388 e. The molecule has 2 N–H and O–H groups in total. The van der Waals surface area contributed by atoms with Gasteiger partial charge in [-0.15, -0.1) is 11.3 Å². The topological polar surface area (TPSA) is 49.3 Å². The summed E-state index contributed by atoms with van der Waals surface area (Å²) < 4.78 is 0. The fraction of sp³-hybridized carbons (Fsp3) is 0.583. The Hall–Kier alpha value is -0.870. The molecule has 16 heavy (non-hydrogen) atoms. The van der Waals surface area contributed by atoms with Crippen LogP contribution in [-0.4, -0.2) is 23.2 Å². The summed E-state index contributed by atoms with van der Waals surface area (Å²) in [4.78, 5) is 12.5. The molecule has 1 heterocycles. The van der Waals surface area contributed by atoms with Gasteiger partial charge in [0.2, 0.25) is 0 Å². The summed E-state index contributed by atoms with van der Waals surface area (Å²) in [5, 5.41) is 14.7. The average Bonchev–Trinajstić information content (AvgIpc) is 2.61. The Kier molecular flexibility index (Phi) is 4.10. The first kappa shape index (κ1) is 13.2. The van der Waals surface area contributed by atoms with E-state index in [2.05, 4.69) is 5.32 Å². The van der Waals surface area contributed by atoms with Crippen molar-refractivity contribution in [2.24, 2.45) is 5.92 Å². The summed E-state index contributed by atoms with van der Waals surface area (Å²) >= 11 is 1.42. The minimum absolute atomic E-state index is 0.103. The molecule has 0 fully saturated rings. The van der Waals surface area contributed by atoms with Crippen LogP contribution in [0.2, 0.25) is 0 Å². The van der Waals surface area contributed by atoms with Gasteiger partial charge < -0.3 is 10.4 Å². The Balaban J connectivity index is 2.58. The van der Waals surface area contributed by atoms with Crippen molar-refractivity contribution >= 4 is 17.2 Å². The van der Waals surface area contributed by atoms with Gasteiger partial charge in [0.1, 0.15) is 0 Å². The molecule has 1 rings (SSSR count). The van der Waals surface area contributed by atoms with Crippen molar-refractivity contribution in [3.63, 3.8) is 0 Å². The maximum absolute atomic E-state index is 11.8. The zero-order valence-corrected chi connectivity index (χ0v) is 11.0. The molecule has 90 valence electrons. The second-order valence-electron chi connectivity index (χ2n) is 4.63. The van der Waals surface area contributed by atoms with Crippen molar-refractivity contribution in [1.29, 1.82) is 0 Å². The zero-order valence-electron chi connectivity index (χ0n) is 10.2. The van der Waals surface area contributed by atoms with Gasteiger partial charge in [-0.1, -0.05) is 13.8 Å². The highest BCUT2D eigenvalue weighted by Crippen LogP contribution is 2.17. The van der Waals surface area contributed by atoms with Gasteiger partial charge in [0.15, 0.2) is 0 Å². The summed E-state index contributed by atoms with van der Waals surface area (Å²) in [6.07, 6.45) is 0. The normalized spacial score (nSPS) is 14.9. The van der Waals surface area contributed by atoms with Crippen LogP contribution in [-0.2, 0) is 0 Å². The zero-order chi connectivity index (χ0) is 12.3. The molecule has 1 aromatic rings. The number of rotatable bonds is 4. The predicted molar refractivity (Wildman–Crippen MR) is 66.9 cm³/mol. The Morgan fingerprint density at radius 1 is 1.62 bits per heavy atom. The minimum Gasteiger partial charge on any atom is -0.388 e. The number of aryl methyl sites for hydroxylation is 1. The number of thiophene rings is 1. The van der Waals surface area contributed by atoms with Gasteiger partial charge >= 0.3 is 0 Å². The monoisotopic (exact) mass is 241 g/mol. The van der Waals surface area contributed by atoms with Crippen LogP contribution in [0.25, 0.3) is 0 Å². The average molecular weight is 241 g/mol. The van der Waals surface area contributed by atoms with Crippen LogP contribution in [0, 0.1) is 12.8 Å². The second-order valence-corrected chi connectivity index (χ2v) is 5.54. The summed E-state index contributed by atoms with van der Waals surface area (Å²) in [6.45, 7) is 7.79. The smallest absolute Gasteiger partial charge is 0.261 e. The third-order valence-electron chi connectivity index (χ3n) is 2.92. The number of hydrogen-bond acceptors (Lipinski definition) is 3. The molecule has 1 atom stereocenters. The van der Waals surface area contributed by atoms with E-state index in [0.29, 0.717) is 0 Å². The van der Waals surface area contributed by atoms with Crippen LogP contribution in [0.1, 0.15) is 36.0 Å². The van der Waals surface area contributed by atoms with E-state index >= 15 is 0 Å². The Morgan fingerprint density at radius 3 is 2.69 bits per heavy atom. The van der Waals surface area contributed by atoms with E-state index in [1.54, 1.807) is 6.92 Å². The summed E-state index contributed by atoms with van der Waals surface area (Å²) in [5.41, 5.74) is 0.118. The number of aliphatic hydroxyl groups is 1. The van der Waals surface area contributed by atoms with Crippen molar-refractivity contribution in [2.45, 2.75) is 33.3 Å². The number of amides is 1. The molecule has 3 nitrogen and oxygen atoms in total. The quantitative estimate of drug-likeness (QED) is 0.849. The number of hydrogen-bond donors (Lipinski definition) is 2. The molecule has 0 aliphatic carbocycles. The maximum Gasteiger partial charge on any atom is 0.261 e. The van der Waals surface area contributed by atoms with Crippen molar-refractivity contribution in [1.82, 2.24) is 5.32 Å². The lowest BCUT2D eigenvalue weighted by Gasteiger charge is -2.27. The van der Waals surface area contributed by atoms with Crippen LogP contribution in [0.15, 0.2) is 11.4 Å². The number of carbonyl (C=O) groups excluding carboxylic acids is 1. The molecule has 4 heteroatoms. The van der Waals surface area contributed by atoms with Gasteiger partial charge in [0.25, 0.3) is 5.91 Å². The molecular formula is C12H19NO2S. The van der Waals surface area contributed by atoms with Crippen molar-refractivity contribution < 1.29 is 9.90 Å². The lowest BCUT2D eigenvalue weighted by Crippen LogP contribution is -2.44. The molecule has 1 aromatic heterocycles. The summed E-state index contributed by atoms with van der Waals surface area (Å²) in [7, 11) is 0. The summed E-state index contributed by atoms with van der Waals surface area (Å²) in [5.74, 6) is 0.00524. The fourth-order valence-corrected chi connectivity index (χ4v) is 1.99. The first-order valence-electron chi connectivity index (χ1n) is 5.39. The van der Waals surface area contributed by atoms with Gasteiger partial charge in [0.05, 0.1) is 10.5 Å². The predicted octanol–water partition coefficient (Wildman–Crippen LogP) is 2.19. The van der Waals surface area contributed by atoms with Crippen molar-refractivity contribution in [3.8, 4) is 0 Å². The maximum atomic E-state index is 11.8. The number of carbonyl (C=O) groups is 1. The summed E-state index contributed by atoms with van der Waals surface area (Å²) in [6, 6.07) is 1.92. The van der Waals surface area contributed by atoms with Crippen LogP contribution in [0.5, 0.6) is 0 Å². The second kappa shape index (κ2) is 4.97. The first-order valence-corrected chi connectivity index (χ1v) is 6.27. The molecule has 0 spiro atoms. The van der Waals surface area contributed by atoms with Gasteiger partial charge in [-0.2, -0.15) is 0 Å². The molecule has 0 aliphatic heterocycles. The molecule has 0 aliphatic rings. The molecule has 1 amide bonds. The van der Waals surface area contributed by atoms with Gasteiger partial charge in [0, 0.05) is 6.54 Å². The van der Waals surface area contributed by atoms with E-state index < -0.39 is 5.60 Å². The van der Waals surface area contributed by atoms with E-state index in [1.807, 2.05) is 32.2 Å². The van der Waals surface area contributed by atoms with Gasteiger partial charge in [-0.25, -0.2) is 0 Å². The minimum atomic E-state index is -0.860. The Bertz CT molecular complexity index is 369. The lowest BCUT2D eigenvalue weighted by molar-refractivity contribution is 0.0143. The number of nitrogens with one attached hydrogen (secondary N) is 1. The Morgan fingerprint density at radius 2 is 2.25 bits per heavy atom. The lowest BCUT2D eigenvalue weighted by atomic mass is 9.92. The van der Waals surface area contributed by atoms with E-state index in [9.17, 15) is 9.90 Å². The highest BCUT2D eigenvalue weighted by atomic mass is 32.1. The molecule has 0 bridgehead atoms. The van der Waals surface area contributed by atoms with Gasteiger partial charge in [-0.05, 0) is 36.8 Å². The first-order chi connectivity index (χ1) is 7.34. The van der Waals surface area contributed by atoms with Crippen molar-refractivity contribution in [3.05, 3.63) is 21.9 Å². The molecule has 1 unspecified atom stereocenters. The molecule has 0 aromatic carbocycles. The fourth-order valence-electron chi connectivity index (χ4n) is 1.15. The van der Waals surface area contributed by atoms with Crippen LogP contribution >= 0.6 is 11.3 Å². The standard InChI is InChI=1S/C12H19NO2S/c1-8(2)12(4,15)7-13-11(14)10-9(3)5-6-16-10/h5-6,8,15H,7H2,1-4H3,(H,13,14). The van der Waals surface area contributed by atoms with E-state index in [-0.39, 0.29) is 18.4 Å². The third-order valence-corrected chi connectivity index (χ3v) is 3.93. The molecule has 0 saturated carbocycles. The Labute approximate surface area is 100 Å². The van der Waals surface area contributed by atoms with E-state index in [0.717, 1.165) is 10.4 Å².